The summed E-state index contributed by atoms with van der Waals surface area (Å²) in [6, 6.07) is 13.1. The van der Waals surface area contributed by atoms with E-state index < -0.39 is 5.91 Å². The topological polar surface area (TPSA) is 81.4 Å². The average Bonchev–Trinajstić information content (AvgIpc) is 3.14. The minimum atomic E-state index is -0.421. The Morgan fingerprint density at radius 2 is 1.86 bits per heavy atom. The van der Waals surface area contributed by atoms with Crippen LogP contribution in [0, 0.1) is 12.7 Å². The fourth-order valence-corrected chi connectivity index (χ4v) is 2.93. The summed E-state index contributed by atoms with van der Waals surface area (Å²) < 4.78 is 20.0. The molecule has 0 aliphatic heterocycles. The van der Waals surface area contributed by atoms with Gasteiger partial charge in [0.05, 0.1) is 24.7 Å². The van der Waals surface area contributed by atoms with Crippen LogP contribution in [0.4, 0.5) is 10.1 Å². The van der Waals surface area contributed by atoms with Crippen molar-refractivity contribution in [2.24, 2.45) is 0 Å². The minimum Gasteiger partial charge on any atom is -0.495 e. The number of methoxy groups -OCH3 is 1. The van der Waals surface area contributed by atoms with E-state index in [1.54, 1.807) is 48.0 Å². The van der Waals surface area contributed by atoms with Gasteiger partial charge in [0.2, 0.25) is 0 Å². The highest BCUT2D eigenvalue weighted by molar-refractivity contribution is 6.04. The predicted octanol–water partition coefficient (Wildman–Crippen LogP) is 3.50. The molecule has 0 fully saturated rings. The highest BCUT2D eigenvalue weighted by Gasteiger charge is 2.19. The lowest BCUT2D eigenvalue weighted by Crippen LogP contribution is -2.19. The molecule has 1 N–H and O–H groups in total. The van der Waals surface area contributed by atoms with Crippen LogP contribution < -0.4 is 10.1 Å². The molecular weight excluding hydrogens is 361 g/mol. The number of halogens is 1. The molecular formula is C20H16FN5O2. The Morgan fingerprint density at radius 1 is 1.11 bits per heavy atom. The fourth-order valence-electron chi connectivity index (χ4n) is 2.93. The van der Waals surface area contributed by atoms with Crippen LogP contribution in [0.1, 0.15) is 16.2 Å². The Labute approximate surface area is 159 Å². The van der Waals surface area contributed by atoms with E-state index in [1.165, 1.54) is 19.2 Å². The van der Waals surface area contributed by atoms with Crippen LogP contribution in [0.3, 0.4) is 0 Å². The molecule has 0 bridgehead atoms. The number of hydrogen-bond donors (Lipinski definition) is 1. The molecule has 1 amide bonds. The van der Waals surface area contributed by atoms with Crippen molar-refractivity contribution in [1.82, 2.24) is 19.8 Å². The first-order valence-electron chi connectivity index (χ1n) is 8.50. The summed E-state index contributed by atoms with van der Waals surface area (Å²) >= 11 is 0. The van der Waals surface area contributed by atoms with Crippen molar-refractivity contribution in [2.75, 3.05) is 12.4 Å². The monoisotopic (exact) mass is 377 g/mol. The molecule has 4 rings (SSSR count). The van der Waals surface area contributed by atoms with Crippen molar-refractivity contribution in [1.29, 1.82) is 0 Å². The summed E-state index contributed by atoms with van der Waals surface area (Å²) in [6.45, 7) is 1.74. The number of amides is 1. The number of benzene rings is 2. The number of carbonyl (C=O) groups excluding carboxylic acids is 1. The molecule has 0 spiro atoms. The summed E-state index contributed by atoms with van der Waals surface area (Å²) in [6.07, 6.45) is 1.62. The van der Waals surface area contributed by atoms with Crippen LogP contribution in [0.25, 0.3) is 16.8 Å². The third-order valence-electron chi connectivity index (χ3n) is 4.37. The Morgan fingerprint density at radius 3 is 2.61 bits per heavy atom. The summed E-state index contributed by atoms with van der Waals surface area (Å²) in [5.41, 5.74) is 3.16. The van der Waals surface area contributed by atoms with E-state index in [4.69, 9.17) is 4.74 Å². The van der Waals surface area contributed by atoms with E-state index in [1.807, 2.05) is 6.07 Å². The summed E-state index contributed by atoms with van der Waals surface area (Å²) in [5.74, 6) is -0.201. The van der Waals surface area contributed by atoms with E-state index in [9.17, 15) is 9.18 Å². The summed E-state index contributed by atoms with van der Waals surface area (Å²) in [7, 11) is 1.53. The Balaban J connectivity index is 1.70. The normalized spacial score (nSPS) is 10.8. The lowest BCUT2D eigenvalue weighted by Gasteiger charge is -2.10. The van der Waals surface area contributed by atoms with Gasteiger partial charge in [-0.15, -0.1) is 10.2 Å². The minimum absolute atomic E-state index is 0.146. The van der Waals surface area contributed by atoms with E-state index in [2.05, 4.69) is 20.6 Å². The number of aryl methyl sites for hydroxylation is 1. The van der Waals surface area contributed by atoms with Crippen molar-refractivity contribution >= 4 is 17.2 Å². The van der Waals surface area contributed by atoms with Gasteiger partial charge in [0.1, 0.15) is 11.6 Å². The molecule has 2 aromatic heterocycles. The van der Waals surface area contributed by atoms with Crippen molar-refractivity contribution < 1.29 is 13.9 Å². The first-order chi connectivity index (χ1) is 13.6. The second-order valence-electron chi connectivity index (χ2n) is 6.09. The summed E-state index contributed by atoms with van der Waals surface area (Å²) in [4.78, 5) is 12.7. The zero-order valence-electron chi connectivity index (χ0n) is 15.2. The maximum atomic E-state index is 13.2. The van der Waals surface area contributed by atoms with Crippen LogP contribution >= 0.6 is 0 Å². The second kappa shape index (κ2) is 7.07. The van der Waals surface area contributed by atoms with Gasteiger partial charge < -0.3 is 10.1 Å². The maximum Gasteiger partial charge on any atom is 0.278 e. The molecule has 0 aliphatic carbocycles. The van der Waals surface area contributed by atoms with Crippen LogP contribution in [-0.2, 0) is 0 Å². The fraction of sp³-hybridized carbons (Fsp3) is 0.100. The number of ether oxygens (including phenoxy) is 1. The number of rotatable bonds is 4. The van der Waals surface area contributed by atoms with Crippen LogP contribution in [0.2, 0.25) is 0 Å². The number of carbonyl (C=O) groups is 1. The van der Waals surface area contributed by atoms with Crippen LogP contribution in [0.15, 0.2) is 54.7 Å². The van der Waals surface area contributed by atoms with Gasteiger partial charge in [-0.05, 0) is 36.8 Å². The van der Waals surface area contributed by atoms with Gasteiger partial charge in [-0.2, -0.15) is 5.10 Å². The van der Waals surface area contributed by atoms with Gasteiger partial charge in [0.15, 0.2) is 11.3 Å². The molecule has 7 nitrogen and oxygen atoms in total. The molecule has 0 saturated heterocycles. The van der Waals surface area contributed by atoms with Gasteiger partial charge in [0.25, 0.3) is 5.91 Å². The van der Waals surface area contributed by atoms with E-state index >= 15 is 0 Å². The Kier molecular flexibility index (Phi) is 4.44. The molecule has 0 unspecified atom stereocenters. The number of para-hydroxylation sites is 2. The second-order valence-corrected chi connectivity index (χ2v) is 6.09. The number of nitrogens with one attached hydrogen (secondary N) is 1. The zero-order chi connectivity index (χ0) is 19.7. The molecule has 0 saturated carbocycles. The molecule has 0 aliphatic rings. The molecule has 2 heterocycles. The molecule has 4 aromatic rings. The smallest absolute Gasteiger partial charge is 0.278 e. The zero-order valence-corrected chi connectivity index (χ0v) is 15.2. The highest BCUT2D eigenvalue weighted by Crippen LogP contribution is 2.26. The standard InChI is InChI=1S/C20H16FN5O2/c1-12-18(20(27)23-16-5-3-4-6-17(16)28-2)24-25-19-15(11-22-26(12)19)13-7-9-14(21)10-8-13/h3-11H,1-2H3,(H,23,27). The van der Waals surface area contributed by atoms with Gasteiger partial charge >= 0.3 is 0 Å². The van der Waals surface area contributed by atoms with Gasteiger partial charge in [-0.25, -0.2) is 8.91 Å². The Hall–Kier alpha value is -3.81. The first-order valence-corrected chi connectivity index (χ1v) is 8.50. The van der Waals surface area contributed by atoms with Gasteiger partial charge in [-0.1, -0.05) is 24.3 Å². The number of anilines is 1. The average molecular weight is 377 g/mol. The van der Waals surface area contributed by atoms with E-state index in [-0.39, 0.29) is 11.5 Å². The largest absolute Gasteiger partial charge is 0.495 e. The predicted molar refractivity (Wildman–Crippen MR) is 102 cm³/mol. The number of fused-ring (bicyclic) bond motifs is 1. The maximum absolute atomic E-state index is 13.2. The summed E-state index contributed by atoms with van der Waals surface area (Å²) in [5, 5.41) is 15.4. The van der Waals surface area contributed by atoms with Crippen molar-refractivity contribution in [3.8, 4) is 16.9 Å². The van der Waals surface area contributed by atoms with Crippen molar-refractivity contribution in [3.63, 3.8) is 0 Å². The lowest BCUT2D eigenvalue weighted by molar-refractivity contribution is 0.101. The van der Waals surface area contributed by atoms with Crippen molar-refractivity contribution in [2.45, 2.75) is 6.92 Å². The van der Waals surface area contributed by atoms with Crippen LogP contribution in [-0.4, -0.2) is 32.8 Å². The molecule has 0 radical (unpaired) electrons. The SMILES string of the molecule is COc1ccccc1NC(=O)c1nnc2c(-c3ccc(F)cc3)cnn2c1C. The van der Waals surface area contributed by atoms with Gasteiger partial charge in [-0.3, -0.25) is 4.79 Å². The van der Waals surface area contributed by atoms with Gasteiger partial charge in [0, 0.05) is 5.56 Å². The third kappa shape index (κ3) is 3.05. The first kappa shape index (κ1) is 17.6. The Bertz CT molecular complexity index is 1170. The third-order valence-corrected chi connectivity index (χ3v) is 4.37. The van der Waals surface area contributed by atoms with E-state index in [0.29, 0.717) is 28.3 Å². The van der Waals surface area contributed by atoms with Crippen LogP contribution in [0.5, 0.6) is 5.75 Å². The highest BCUT2D eigenvalue weighted by atomic mass is 19.1. The van der Waals surface area contributed by atoms with Crippen molar-refractivity contribution in [3.05, 3.63) is 71.9 Å². The molecule has 8 heteroatoms. The molecule has 2 aromatic carbocycles. The molecule has 140 valence electrons. The van der Waals surface area contributed by atoms with E-state index in [0.717, 1.165) is 5.56 Å². The lowest BCUT2D eigenvalue weighted by atomic mass is 10.1. The quantitative estimate of drug-likeness (QED) is 0.589. The number of aromatic nitrogens is 4. The number of hydrogen-bond acceptors (Lipinski definition) is 5. The number of nitrogens with zero attached hydrogens (tertiary/aromatic N) is 4. The molecule has 0 atom stereocenters. The molecule has 28 heavy (non-hydrogen) atoms.